The summed E-state index contributed by atoms with van der Waals surface area (Å²) in [6, 6.07) is 0. The topological polar surface area (TPSA) is 102 Å². The fourth-order valence-electron chi connectivity index (χ4n) is 0.520. The van der Waals surface area contributed by atoms with E-state index in [4.69, 9.17) is 21.4 Å². The van der Waals surface area contributed by atoms with Gasteiger partial charge in [-0.3, -0.25) is 16.3 Å². The molecule has 0 spiro atoms. The maximum Gasteiger partial charge on any atom is 0.325 e. The lowest BCUT2D eigenvalue weighted by atomic mass is 10.5. The number of carboxylic acids is 1. The average molecular weight is 175 g/mol. The Labute approximate surface area is 70.3 Å². The summed E-state index contributed by atoms with van der Waals surface area (Å²) in [6.07, 6.45) is 1.19. The number of nitrogens with zero attached hydrogens (tertiary/aromatic N) is 1. The highest BCUT2D eigenvalue weighted by molar-refractivity contribution is 5.69. The molecule has 6 nitrogen and oxygen atoms in total. The van der Waals surface area contributed by atoms with Gasteiger partial charge in [0.15, 0.2) is 5.85 Å². The van der Waals surface area contributed by atoms with Crippen molar-refractivity contribution in [1.29, 1.82) is 0 Å². The van der Waals surface area contributed by atoms with Crippen molar-refractivity contribution in [2.24, 2.45) is 11.5 Å². The molecule has 0 aliphatic carbocycles. The van der Waals surface area contributed by atoms with Gasteiger partial charge in [0.2, 0.25) is 0 Å². The van der Waals surface area contributed by atoms with Crippen LogP contribution in [0.5, 0.6) is 0 Å². The zero-order chi connectivity index (χ0) is 9.78. The lowest BCUT2D eigenvalue weighted by molar-refractivity contribution is -0.212. The molecule has 0 fully saturated rings. The highest BCUT2D eigenvalue weighted by Crippen LogP contribution is 1.98. The predicted octanol–water partition coefficient (Wildman–Crippen LogP) is -0.961. The molecule has 0 aliphatic heterocycles. The fraction of sp³-hybridized carbons (Fsp3) is 0.500. The lowest BCUT2D eigenvalue weighted by Crippen LogP contribution is -2.52. The summed E-state index contributed by atoms with van der Waals surface area (Å²) in [6.45, 7) is 4.37. The second kappa shape index (κ2) is 4.05. The molecule has 0 saturated heterocycles. The number of hydrogen-bond acceptors (Lipinski definition) is 5. The average Bonchev–Trinajstić information content (AvgIpc) is 1.82. The number of carbonyl (C=O) groups is 1. The van der Waals surface area contributed by atoms with Gasteiger partial charge in [0.25, 0.3) is 0 Å². The van der Waals surface area contributed by atoms with E-state index in [1.54, 1.807) is 0 Å². The van der Waals surface area contributed by atoms with Crippen molar-refractivity contribution in [3.05, 3.63) is 12.8 Å². The van der Waals surface area contributed by atoms with Crippen molar-refractivity contribution in [3.8, 4) is 0 Å². The van der Waals surface area contributed by atoms with Crippen molar-refractivity contribution >= 4 is 5.97 Å². The molecule has 0 aromatic carbocycles. The van der Waals surface area contributed by atoms with E-state index in [-0.39, 0.29) is 6.54 Å². The van der Waals surface area contributed by atoms with E-state index in [0.717, 1.165) is 5.06 Å². The zero-order valence-electron chi connectivity index (χ0n) is 6.86. The fourth-order valence-corrected chi connectivity index (χ4v) is 0.520. The van der Waals surface area contributed by atoms with E-state index in [1.165, 1.54) is 13.1 Å². The van der Waals surface area contributed by atoms with E-state index in [9.17, 15) is 4.79 Å². The Balaban J connectivity index is 4.00. The van der Waals surface area contributed by atoms with Crippen LogP contribution in [0, 0.1) is 0 Å². The van der Waals surface area contributed by atoms with Crippen molar-refractivity contribution < 1.29 is 14.7 Å². The first kappa shape index (κ1) is 10.9. The third-order valence-electron chi connectivity index (χ3n) is 0.809. The normalized spacial score (nSPS) is 10.9. The Hall–Kier alpha value is -1.11. The molecule has 0 bridgehead atoms. The number of hydroxylamine groups is 2. The number of aliphatic carboxylic acids is 1. The number of nitrogens with two attached hydrogens (primary N) is 2. The minimum Gasteiger partial charge on any atom is -0.480 e. The Morgan fingerprint density at radius 3 is 2.58 bits per heavy atom. The molecule has 6 heteroatoms. The molecule has 0 saturated carbocycles. The van der Waals surface area contributed by atoms with Crippen molar-refractivity contribution in [1.82, 2.24) is 5.06 Å². The molecule has 0 radical (unpaired) electrons. The van der Waals surface area contributed by atoms with E-state index >= 15 is 0 Å². The van der Waals surface area contributed by atoms with Crippen molar-refractivity contribution in [3.63, 3.8) is 0 Å². The van der Waals surface area contributed by atoms with Gasteiger partial charge in [0.1, 0.15) is 6.54 Å². The highest BCUT2D eigenvalue weighted by Gasteiger charge is 2.17. The van der Waals surface area contributed by atoms with Crippen LogP contribution >= 0.6 is 0 Å². The Bertz CT molecular complexity index is 175. The zero-order valence-corrected chi connectivity index (χ0v) is 6.86. The predicted molar refractivity (Wildman–Crippen MR) is 42.4 cm³/mol. The largest absolute Gasteiger partial charge is 0.480 e. The molecule has 0 unspecified atom stereocenters. The van der Waals surface area contributed by atoms with Crippen LogP contribution < -0.4 is 11.5 Å². The lowest BCUT2D eigenvalue weighted by Gasteiger charge is -2.26. The van der Waals surface area contributed by atoms with Crippen LogP contribution in [0.4, 0.5) is 0 Å². The first-order valence-corrected chi connectivity index (χ1v) is 3.23. The summed E-state index contributed by atoms with van der Waals surface area (Å²) in [5, 5.41) is 9.31. The standard InChI is InChI=1S/C6H13N3O3/c1-3-9(4-5(10)11)12-6(2,7)8/h3H,1,4,7-8H2,2H3,(H,10,11). The van der Waals surface area contributed by atoms with Crippen LogP contribution in [0.15, 0.2) is 12.8 Å². The smallest absolute Gasteiger partial charge is 0.325 e. The molecular weight excluding hydrogens is 162 g/mol. The summed E-state index contributed by atoms with van der Waals surface area (Å²) < 4.78 is 0. The van der Waals surface area contributed by atoms with Crippen LogP contribution in [0.25, 0.3) is 0 Å². The van der Waals surface area contributed by atoms with Crippen LogP contribution in [0.2, 0.25) is 0 Å². The molecule has 12 heavy (non-hydrogen) atoms. The maximum atomic E-state index is 10.2. The van der Waals surface area contributed by atoms with Gasteiger partial charge in [-0.15, -0.1) is 0 Å². The van der Waals surface area contributed by atoms with Crippen LogP contribution in [-0.4, -0.2) is 28.5 Å². The highest BCUT2D eigenvalue weighted by atomic mass is 16.7. The van der Waals surface area contributed by atoms with E-state index in [1.807, 2.05) is 0 Å². The maximum absolute atomic E-state index is 10.2. The summed E-state index contributed by atoms with van der Waals surface area (Å²) in [4.78, 5) is 15.0. The van der Waals surface area contributed by atoms with E-state index in [0.29, 0.717) is 0 Å². The third-order valence-corrected chi connectivity index (χ3v) is 0.809. The van der Waals surface area contributed by atoms with Gasteiger partial charge in [0, 0.05) is 6.20 Å². The number of carboxylic acid groups (broad SMARTS) is 1. The minimum absolute atomic E-state index is 0.354. The third kappa shape index (κ3) is 5.66. The minimum atomic E-state index is -1.40. The van der Waals surface area contributed by atoms with Crippen molar-refractivity contribution in [2.45, 2.75) is 12.8 Å². The first-order chi connectivity index (χ1) is 5.35. The van der Waals surface area contributed by atoms with Crippen LogP contribution in [-0.2, 0) is 9.63 Å². The molecule has 0 aromatic rings. The van der Waals surface area contributed by atoms with Gasteiger partial charge in [-0.05, 0) is 6.92 Å². The van der Waals surface area contributed by atoms with Crippen LogP contribution in [0.3, 0.4) is 0 Å². The SMILES string of the molecule is C=CN(CC(=O)O)OC(C)(N)N. The van der Waals surface area contributed by atoms with Gasteiger partial charge in [-0.25, -0.2) is 9.90 Å². The molecule has 0 aromatic heterocycles. The van der Waals surface area contributed by atoms with E-state index < -0.39 is 11.8 Å². The monoisotopic (exact) mass is 175 g/mol. The molecule has 70 valence electrons. The van der Waals surface area contributed by atoms with Gasteiger partial charge < -0.3 is 5.11 Å². The molecule has 0 atom stereocenters. The quantitative estimate of drug-likeness (QED) is 0.367. The van der Waals surface area contributed by atoms with Gasteiger partial charge in [-0.2, -0.15) is 0 Å². The first-order valence-electron chi connectivity index (χ1n) is 3.23. The summed E-state index contributed by atoms with van der Waals surface area (Å²) in [5.74, 6) is -2.46. The molecule has 0 heterocycles. The molecule has 0 aliphatic rings. The molecule has 0 rings (SSSR count). The van der Waals surface area contributed by atoms with Crippen LogP contribution in [0.1, 0.15) is 6.92 Å². The summed E-state index contributed by atoms with van der Waals surface area (Å²) in [7, 11) is 0. The Morgan fingerprint density at radius 2 is 2.33 bits per heavy atom. The molecule has 0 amide bonds. The Kier molecular flexibility index (Phi) is 3.68. The second-order valence-electron chi connectivity index (χ2n) is 2.43. The second-order valence-corrected chi connectivity index (χ2v) is 2.43. The van der Waals surface area contributed by atoms with Gasteiger partial charge in [0.05, 0.1) is 0 Å². The molecular formula is C6H13N3O3. The number of rotatable bonds is 5. The van der Waals surface area contributed by atoms with E-state index in [2.05, 4.69) is 6.58 Å². The number of hydrogen-bond donors (Lipinski definition) is 3. The van der Waals surface area contributed by atoms with Gasteiger partial charge in [-0.1, -0.05) is 6.58 Å². The summed E-state index contributed by atoms with van der Waals surface area (Å²) in [5.41, 5.74) is 10.5. The summed E-state index contributed by atoms with van der Waals surface area (Å²) >= 11 is 0. The van der Waals surface area contributed by atoms with Crippen molar-refractivity contribution in [2.75, 3.05) is 6.54 Å². The van der Waals surface area contributed by atoms with Gasteiger partial charge >= 0.3 is 5.97 Å². The Morgan fingerprint density at radius 1 is 1.83 bits per heavy atom. The molecule has 5 N–H and O–H groups in total.